The second kappa shape index (κ2) is 6.20. The highest BCUT2D eigenvalue weighted by Crippen LogP contribution is 2.29. The molecular formula is C14H18BrN3O4. The van der Waals surface area contributed by atoms with Crippen molar-refractivity contribution >= 4 is 28.0 Å². The van der Waals surface area contributed by atoms with Crippen molar-refractivity contribution in [2.45, 2.75) is 51.8 Å². The molecule has 1 aromatic rings. The molecule has 7 nitrogen and oxygen atoms in total. The van der Waals surface area contributed by atoms with Crippen LogP contribution in [-0.4, -0.2) is 43.7 Å². The average Bonchev–Trinajstić information content (AvgIpc) is 3.17. The van der Waals surface area contributed by atoms with Crippen LogP contribution in [0.3, 0.4) is 0 Å². The number of aromatic carboxylic acids is 1. The first kappa shape index (κ1) is 16.7. The molecule has 1 aliphatic carbocycles. The lowest BCUT2D eigenvalue weighted by Gasteiger charge is -2.27. The first-order valence-electron chi connectivity index (χ1n) is 6.91. The number of carboxylic acids is 1. The number of rotatable bonds is 4. The second-order valence-electron chi connectivity index (χ2n) is 6.15. The molecule has 0 bridgehead atoms. The van der Waals surface area contributed by atoms with Gasteiger partial charge in [-0.2, -0.15) is 0 Å². The first-order valence-corrected chi connectivity index (χ1v) is 7.71. The van der Waals surface area contributed by atoms with Crippen molar-refractivity contribution in [1.29, 1.82) is 0 Å². The third-order valence-electron chi connectivity index (χ3n) is 2.93. The first-order chi connectivity index (χ1) is 10.2. The Kier molecular flexibility index (Phi) is 4.69. The van der Waals surface area contributed by atoms with Gasteiger partial charge in [0.1, 0.15) is 10.2 Å². The molecule has 1 saturated carbocycles. The SMILES string of the molecule is CC(C)(C)OC(=O)N(Cc1cnc(C(=O)O)c(Br)n1)C1CC1. The standard InChI is InChI=1S/C14H18BrN3O4/c1-14(2,3)22-13(21)18(9-4-5-9)7-8-6-16-10(12(19)20)11(15)17-8/h6,9H,4-5,7H2,1-3H3,(H,19,20). The molecule has 0 aromatic carbocycles. The molecule has 0 spiro atoms. The highest BCUT2D eigenvalue weighted by Gasteiger charge is 2.35. The smallest absolute Gasteiger partial charge is 0.410 e. The number of nitrogens with zero attached hydrogens (tertiary/aromatic N) is 3. The highest BCUT2D eigenvalue weighted by molar-refractivity contribution is 9.10. The summed E-state index contributed by atoms with van der Waals surface area (Å²) in [5.41, 5.74) is -0.211. The van der Waals surface area contributed by atoms with Crippen molar-refractivity contribution in [1.82, 2.24) is 14.9 Å². The molecule has 1 aromatic heterocycles. The van der Waals surface area contributed by atoms with Gasteiger partial charge >= 0.3 is 12.1 Å². The molecular weight excluding hydrogens is 354 g/mol. The number of aromatic nitrogens is 2. The fraction of sp³-hybridized carbons (Fsp3) is 0.571. The van der Waals surface area contributed by atoms with E-state index in [4.69, 9.17) is 9.84 Å². The van der Waals surface area contributed by atoms with Crippen molar-refractivity contribution in [3.8, 4) is 0 Å². The van der Waals surface area contributed by atoms with E-state index < -0.39 is 17.7 Å². The Labute approximate surface area is 136 Å². The fourth-order valence-electron chi connectivity index (χ4n) is 1.84. The molecule has 0 saturated heterocycles. The lowest BCUT2D eigenvalue weighted by atomic mass is 10.2. The molecule has 22 heavy (non-hydrogen) atoms. The summed E-state index contributed by atoms with van der Waals surface area (Å²) in [6.07, 6.45) is 2.84. The zero-order chi connectivity index (χ0) is 16.5. The van der Waals surface area contributed by atoms with Crippen LogP contribution in [0, 0.1) is 0 Å². The number of carbonyl (C=O) groups excluding carboxylic acids is 1. The number of carboxylic acid groups (broad SMARTS) is 1. The van der Waals surface area contributed by atoms with Gasteiger partial charge in [-0.15, -0.1) is 0 Å². The summed E-state index contributed by atoms with van der Waals surface area (Å²) in [4.78, 5) is 32.8. The van der Waals surface area contributed by atoms with Crippen LogP contribution >= 0.6 is 15.9 Å². The zero-order valence-corrected chi connectivity index (χ0v) is 14.3. The minimum Gasteiger partial charge on any atom is -0.476 e. The van der Waals surface area contributed by atoms with Crippen molar-refractivity contribution in [2.24, 2.45) is 0 Å². The summed E-state index contributed by atoms with van der Waals surface area (Å²) < 4.78 is 5.55. The highest BCUT2D eigenvalue weighted by atomic mass is 79.9. The van der Waals surface area contributed by atoms with E-state index in [0.717, 1.165) is 12.8 Å². The molecule has 1 amide bonds. The van der Waals surface area contributed by atoms with Gasteiger partial charge in [-0.1, -0.05) is 0 Å². The van der Waals surface area contributed by atoms with Crippen LogP contribution in [0.5, 0.6) is 0 Å². The monoisotopic (exact) mass is 371 g/mol. The van der Waals surface area contributed by atoms with Gasteiger partial charge in [-0.05, 0) is 49.5 Å². The van der Waals surface area contributed by atoms with Gasteiger partial charge in [-0.25, -0.2) is 19.6 Å². The van der Waals surface area contributed by atoms with E-state index in [0.29, 0.717) is 5.69 Å². The van der Waals surface area contributed by atoms with E-state index in [9.17, 15) is 9.59 Å². The fourth-order valence-corrected chi connectivity index (χ4v) is 2.34. The average molecular weight is 372 g/mol. The van der Waals surface area contributed by atoms with E-state index in [-0.39, 0.29) is 22.9 Å². The summed E-state index contributed by atoms with van der Waals surface area (Å²) in [5, 5.41) is 8.94. The van der Waals surface area contributed by atoms with Crippen LogP contribution in [0.1, 0.15) is 49.8 Å². The largest absolute Gasteiger partial charge is 0.476 e. The summed E-state index contributed by atoms with van der Waals surface area (Å²) in [7, 11) is 0. The lowest BCUT2D eigenvalue weighted by Crippen LogP contribution is -2.38. The Balaban J connectivity index is 2.13. The normalized spacial score (nSPS) is 14.5. The number of hydrogen-bond donors (Lipinski definition) is 1. The molecule has 0 atom stereocenters. The van der Waals surface area contributed by atoms with E-state index in [2.05, 4.69) is 25.9 Å². The Hall–Kier alpha value is -1.70. The molecule has 1 aliphatic rings. The van der Waals surface area contributed by atoms with Gasteiger partial charge in [-0.3, -0.25) is 4.90 Å². The minimum atomic E-state index is -1.16. The van der Waals surface area contributed by atoms with E-state index >= 15 is 0 Å². The third kappa shape index (κ3) is 4.40. The van der Waals surface area contributed by atoms with Gasteiger partial charge in [0, 0.05) is 6.04 Å². The predicted octanol–water partition coefficient (Wildman–Crippen LogP) is 2.84. The third-order valence-corrected chi connectivity index (χ3v) is 3.48. The van der Waals surface area contributed by atoms with Crippen molar-refractivity contribution in [2.75, 3.05) is 0 Å². The van der Waals surface area contributed by atoms with Crippen LogP contribution < -0.4 is 0 Å². The van der Waals surface area contributed by atoms with Crippen LogP contribution in [0.2, 0.25) is 0 Å². The van der Waals surface area contributed by atoms with Gasteiger partial charge in [0.2, 0.25) is 0 Å². The van der Waals surface area contributed by atoms with Crippen molar-refractivity contribution < 1.29 is 19.4 Å². The van der Waals surface area contributed by atoms with E-state index in [1.165, 1.54) is 6.20 Å². The van der Waals surface area contributed by atoms with Crippen molar-refractivity contribution in [3.63, 3.8) is 0 Å². The maximum atomic E-state index is 12.3. The Morgan fingerprint density at radius 2 is 2.09 bits per heavy atom. The topological polar surface area (TPSA) is 92.6 Å². The number of halogens is 1. The summed E-state index contributed by atoms with van der Waals surface area (Å²) in [6.45, 7) is 5.68. The van der Waals surface area contributed by atoms with Gasteiger partial charge in [0.15, 0.2) is 5.69 Å². The molecule has 0 aliphatic heterocycles. The van der Waals surface area contributed by atoms with Gasteiger partial charge < -0.3 is 9.84 Å². The minimum absolute atomic E-state index is 0.148. The molecule has 8 heteroatoms. The molecule has 1 N–H and O–H groups in total. The van der Waals surface area contributed by atoms with Crippen LogP contribution in [0.25, 0.3) is 0 Å². The molecule has 0 radical (unpaired) electrons. The summed E-state index contributed by atoms with van der Waals surface area (Å²) >= 11 is 3.09. The van der Waals surface area contributed by atoms with Gasteiger partial charge in [0.25, 0.3) is 0 Å². The van der Waals surface area contributed by atoms with E-state index in [1.54, 1.807) is 4.90 Å². The van der Waals surface area contributed by atoms with Crippen LogP contribution in [-0.2, 0) is 11.3 Å². The Bertz CT molecular complexity index is 596. The molecule has 1 heterocycles. The number of carbonyl (C=O) groups is 2. The number of ether oxygens (including phenoxy) is 1. The lowest BCUT2D eigenvalue weighted by molar-refractivity contribution is 0.0213. The molecule has 0 unspecified atom stereocenters. The molecule has 120 valence electrons. The molecule has 2 rings (SSSR count). The quantitative estimate of drug-likeness (QED) is 0.874. The van der Waals surface area contributed by atoms with Gasteiger partial charge in [0.05, 0.1) is 18.4 Å². The van der Waals surface area contributed by atoms with Crippen LogP contribution in [0.4, 0.5) is 4.79 Å². The number of hydrogen-bond acceptors (Lipinski definition) is 5. The predicted molar refractivity (Wildman–Crippen MR) is 81.5 cm³/mol. The second-order valence-corrected chi connectivity index (χ2v) is 6.90. The summed E-state index contributed by atoms with van der Waals surface area (Å²) in [6, 6.07) is 0.148. The molecule has 1 fully saturated rings. The maximum Gasteiger partial charge on any atom is 0.410 e. The maximum absolute atomic E-state index is 12.3. The summed E-state index contributed by atoms with van der Waals surface area (Å²) in [5.74, 6) is -1.16. The van der Waals surface area contributed by atoms with E-state index in [1.807, 2.05) is 20.8 Å². The Morgan fingerprint density at radius 3 is 2.55 bits per heavy atom. The number of amides is 1. The van der Waals surface area contributed by atoms with Crippen LogP contribution in [0.15, 0.2) is 10.8 Å². The zero-order valence-electron chi connectivity index (χ0n) is 12.7. The van der Waals surface area contributed by atoms with Crippen molar-refractivity contribution in [3.05, 3.63) is 22.2 Å². The Morgan fingerprint density at radius 1 is 1.45 bits per heavy atom.